The van der Waals surface area contributed by atoms with Gasteiger partial charge in [-0.1, -0.05) is 36.4 Å². The molecule has 5 nitrogen and oxygen atoms in total. The van der Waals surface area contributed by atoms with Crippen LogP contribution in [0.5, 0.6) is 5.75 Å². The Morgan fingerprint density at radius 1 is 1.19 bits per heavy atom. The molecule has 162 valence electrons. The van der Waals surface area contributed by atoms with Crippen LogP contribution in [0, 0.1) is 6.92 Å². The van der Waals surface area contributed by atoms with Crippen molar-refractivity contribution in [1.82, 2.24) is 9.55 Å². The first kappa shape index (κ1) is 21.2. The number of nitrogens with zero attached hydrogens (tertiary/aromatic N) is 2. The third kappa shape index (κ3) is 4.66. The van der Waals surface area contributed by atoms with Crippen molar-refractivity contribution in [3.63, 3.8) is 0 Å². The van der Waals surface area contributed by atoms with Crippen LogP contribution in [0.3, 0.4) is 0 Å². The van der Waals surface area contributed by atoms with Gasteiger partial charge in [-0.15, -0.1) is 0 Å². The van der Waals surface area contributed by atoms with E-state index in [0.29, 0.717) is 19.6 Å². The summed E-state index contributed by atoms with van der Waals surface area (Å²) in [6.45, 7) is 4.94. The molecule has 0 N–H and O–H groups in total. The fourth-order valence-corrected chi connectivity index (χ4v) is 4.53. The lowest BCUT2D eigenvalue weighted by Crippen LogP contribution is -2.09. The number of carbonyl (C=O) groups excluding carboxylic acids is 1. The molecule has 1 aliphatic carbocycles. The van der Waals surface area contributed by atoms with E-state index in [9.17, 15) is 4.79 Å². The fraction of sp³-hybridized carbons (Fsp3) is 0.385. The summed E-state index contributed by atoms with van der Waals surface area (Å²) in [6.07, 6.45) is 3.24. The van der Waals surface area contributed by atoms with E-state index >= 15 is 0 Å². The van der Waals surface area contributed by atoms with Crippen LogP contribution in [0.4, 0.5) is 0 Å². The molecule has 0 fully saturated rings. The highest BCUT2D eigenvalue weighted by Gasteiger charge is 2.25. The Balaban J connectivity index is 1.38. The normalized spacial score (nSPS) is 15.0. The van der Waals surface area contributed by atoms with Crippen molar-refractivity contribution in [3.05, 3.63) is 71.0 Å². The molecule has 3 aromatic rings. The topological polar surface area (TPSA) is 53.4 Å². The number of rotatable bonds is 8. The van der Waals surface area contributed by atoms with Crippen molar-refractivity contribution < 1.29 is 14.3 Å². The van der Waals surface area contributed by atoms with E-state index in [-0.39, 0.29) is 11.9 Å². The second kappa shape index (κ2) is 9.38. The third-order valence-electron chi connectivity index (χ3n) is 6.09. The van der Waals surface area contributed by atoms with Gasteiger partial charge < -0.3 is 14.0 Å². The van der Waals surface area contributed by atoms with Crippen molar-refractivity contribution in [3.8, 4) is 17.1 Å². The highest BCUT2D eigenvalue weighted by molar-refractivity contribution is 5.71. The largest absolute Gasteiger partial charge is 0.493 e. The first-order chi connectivity index (χ1) is 15.1. The average Bonchev–Trinajstić information content (AvgIpc) is 3.29. The lowest BCUT2D eigenvalue weighted by Gasteiger charge is -2.12. The lowest BCUT2D eigenvalue weighted by atomic mass is 9.98. The zero-order valence-electron chi connectivity index (χ0n) is 18.6. The monoisotopic (exact) mass is 418 g/mol. The number of fused-ring (bicyclic) bond motifs is 1. The Morgan fingerprint density at radius 2 is 2.00 bits per heavy atom. The summed E-state index contributed by atoms with van der Waals surface area (Å²) in [6, 6.07) is 16.5. The number of imidazole rings is 1. The van der Waals surface area contributed by atoms with Gasteiger partial charge in [0.25, 0.3) is 0 Å². The summed E-state index contributed by atoms with van der Waals surface area (Å²) in [5.41, 5.74) is 5.90. The number of hydrogen-bond donors (Lipinski definition) is 0. The zero-order chi connectivity index (χ0) is 21.8. The lowest BCUT2D eigenvalue weighted by molar-refractivity contribution is -0.143. The summed E-state index contributed by atoms with van der Waals surface area (Å²) in [5, 5.41) is 0. The van der Waals surface area contributed by atoms with Crippen molar-refractivity contribution in [2.45, 2.75) is 45.4 Å². The van der Waals surface area contributed by atoms with Gasteiger partial charge in [-0.05, 0) is 55.9 Å². The van der Waals surface area contributed by atoms with Crippen molar-refractivity contribution in [2.24, 2.45) is 7.05 Å². The first-order valence-electron chi connectivity index (χ1n) is 11.1. The predicted octanol–water partition coefficient (Wildman–Crippen LogP) is 5.00. The Hall–Kier alpha value is -3.08. The van der Waals surface area contributed by atoms with Crippen molar-refractivity contribution in [2.75, 3.05) is 13.2 Å². The van der Waals surface area contributed by atoms with Gasteiger partial charge in [0.05, 0.1) is 25.3 Å². The van der Waals surface area contributed by atoms with Crippen LogP contribution >= 0.6 is 0 Å². The van der Waals surface area contributed by atoms with Crippen molar-refractivity contribution in [1.29, 1.82) is 0 Å². The smallest absolute Gasteiger partial charge is 0.306 e. The second-order valence-electron chi connectivity index (χ2n) is 8.10. The maximum absolute atomic E-state index is 11.8. The number of aryl methyl sites for hydroxylation is 2. The van der Waals surface area contributed by atoms with Crippen LogP contribution in [0.2, 0.25) is 0 Å². The summed E-state index contributed by atoms with van der Waals surface area (Å²) < 4.78 is 13.4. The molecule has 1 aromatic heterocycles. The molecule has 0 spiro atoms. The van der Waals surface area contributed by atoms with Crippen LogP contribution in [0.15, 0.2) is 48.5 Å². The van der Waals surface area contributed by atoms with Crippen LogP contribution in [0.25, 0.3) is 11.4 Å². The summed E-state index contributed by atoms with van der Waals surface area (Å²) in [7, 11) is 2.07. The number of hydrogen-bond acceptors (Lipinski definition) is 4. The van der Waals surface area contributed by atoms with Gasteiger partial charge in [0.1, 0.15) is 11.6 Å². The van der Waals surface area contributed by atoms with E-state index in [1.54, 1.807) is 0 Å². The van der Waals surface area contributed by atoms with Gasteiger partial charge in [-0.2, -0.15) is 0 Å². The maximum atomic E-state index is 11.8. The molecule has 1 atom stereocenters. The van der Waals surface area contributed by atoms with E-state index < -0.39 is 0 Å². The molecular formula is C26H30N2O3. The van der Waals surface area contributed by atoms with E-state index in [1.807, 2.05) is 31.2 Å². The molecule has 1 aliphatic rings. The molecule has 0 radical (unpaired) electrons. The van der Waals surface area contributed by atoms with Crippen LogP contribution in [0.1, 0.15) is 48.2 Å². The Morgan fingerprint density at radius 3 is 2.77 bits per heavy atom. The molecule has 5 heteroatoms. The van der Waals surface area contributed by atoms with Gasteiger partial charge in [0.2, 0.25) is 0 Å². The molecule has 4 rings (SSSR count). The minimum absolute atomic E-state index is 0.109. The Labute approximate surface area is 184 Å². The summed E-state index contributed by atoms with van der Waals surface area (Å²) in [5.74, 6) is 2.02. The Kier molecular flexibility index (Phi) is 6.40. The molecular weight excluding hydrogens is 388 g/mol. The van der Waals surface area contributed by atoms with E-state index in [4.69, 9.17) is 14.5 Å². The van der Waals surface area contributed by atoms with E-state index in [1.165, 1.54) is 16.8 Å². The molecule has 1 heterocycles. The Bertz CT molecular complexity index is 1060. The number of benzene rings is 2. The number of carbonyl (C=O) groups is 1. The predicted molar refractivity (Wildman–Crippen MR) is 121 cm³/mol. The van der Waals surface area contributed by atoms with E-state index in [2.05, 4.69) is 42.8 Å². The minimum atomic E-state index is -0.109. The SMILES string of the molecule is CCOC(=O)C[C@@H]1CCc2cc(OCCc3c(C)nc(-c4ccccc4)n3C)ccc21. The highest BCUT2D eigenvalue weighted by atomic mass is 16.5. The second-order valence-corrected chi connectivity index (χ2v) is 8.10. The molecule has 0 amide bonds. The average molecular weight is 419 g/mol. The fourth-order valence-electron chi connectivity index (χ4n) is 4.53. The molecule has 0 unspecified atom stereocenters. The molecule has 0 bridgehead atoms. The van der Waals surface area contributed by atoms with Gasteiger partial charge in [0.15, 0.2) is 0 Å². The maximum Gasteiger partial charge on any atom is 0.306 e. The van der Waals surface area contributed by atoms with Crippen LogP contribution in [-0.2, 0) is 29.4 Å². The highest BCUT2D eigenvalue weighted by Crippen LogP contribution is 2.37. The third-order valence-corrected chi connectivity index (χ3v) is 6.09. The first-order valence-corrected chi connectivity index (χ1v) is 11.1. The quantitative estimate of drug-likeness (QED) is 0.483. The number of ether oxygens (including phenoxy) is 2. The van der Waals surface area contributed by atoms with Gasteiger partial charge in [-0.3, -0.25) is 4.79 Å². The van der Waals surface area contributed by atoms with Gasteiger partial charge in [0, 0.05) is 24.7 Å². The zero-order valence-corrected chi connectivity index (χ0v) is 18.6. The van der Waals surface area contributed by atoms with E-state index in [0.717, 1.165) is 42.1 Å². The van der Waals surface area contributed by atoms with Gasteiger partial charge in [-0.25, -0.2) is 4.98 Å². The van der Waals surface area contributed by atoms with Gasteiger partial charge >= 0.3 is 5.97 Å². The standard InChI is InChI=1S/C26H30N2O3/c1-4-30-25(29)17-21-11-10-20-16-22(12-13-23(20)21)31-15-14-24-18(2)27-26(28(24)3)19-8-6-5-7-9-19/h5-9,12-13,16,21H,4,10-11,14-15,17H2,1-3H3/t21-/m0/s1. The molecule has 0 saturated carbocycles. The number of aromatic nitrogens is 2. The van der Waals surface area contributed by atoms with Crippen LogP contribution < -0.4 is 4.74 Å². The number of esters is 1. The molecule has 0 saturated heterocycles. The molecule has 2 aromatic carbocycles. The molecule has 0 aliphatic heterocycles. The van der Waals surface area contributed by atoms with Crippen molar-refractivity contribution >= 4 is 5.97 Å². The van der Waals surface area contributed by atoms with Crippen LogP contribution in [-0.4, -0.2) is 28.7 Å². The summed E-state index contributed by atoms with van der Waals surface area (Å²) >= 11 is 0. The summed E-state index contributed by atoms with van der Waals surface area (Å²) in [4.78, 5) is 16.6. The minimum Gasteiger partial charge on any atom is -0.493 e. The molecule has 31 heavy (non-hydrogen) atoms.